The van der Waals surface area contributed by atoms with E-state index in [1.165, 1.54) is 12.8 Å². The molecule has 19 heavy (non-hydrogen) atoms. The SMILES string of the molecule is CC(C)C1CCC(C)(Oc2ccc(C#N)cc2)CC1. The molecule has 0 heterocycles. The molecule has 0 spiro atoms. The van der Waals surface area contributed by atoms with E-state index in [0.717, 1.165) is 30.4 Å². The second kappa shape index (κ2) is 5.65. The lowest BCUT2D eigenvalue weighted by Gasteiger charge is -2.39. The Balaban J connectivity index is 1.97. The predicted molar refractivity (Wildman–Crippen MR) is 77.0 cm³/mol. The van der Waals surface area contributed by atoms with Gasteiger partial charge in [0, 0.05) is 0 Å². The molecule has 1 aliphatic carbocycles. The lowest BCUT2D eigenvalue weighted by Crippen LogP contribution is -2.37. The highest BCUT2D eigenvalue weighted by molar-refractivity contribution is 5.34. The molecule has 1 aliphatic rings. The predicted octanol–water partition coefficient (Wildman–Crippen LogP) is 4.54. The van der Waals surface area contributed by atoms with Crippen molar-refractivity contribution in [3.8, 4) is 11.8 Å². The molecule has 1 fully saturated rings. The Morgan fingerprint density at radius 2 is 1.79 bits per heavy atom. The molecule has 102 valence electrons. The van der Waals surface area contributed by atoms with Gasteiger partial charge in [-0.1, -0.05) is 13.8 Å². The van der Waals surface area contributed by atoms with Gasteiger partial charge in [-0.05, 0) is 68.7 Å². The van der Waals surface area contributed by atoms with Gasteiger partial charge in [-0.25, -0.2) is 0 Å². The van der Waals surface area contributed by atoms with Crippen LogP contribution in [0.15, 0.2) is 24.3 Å². The van der Waals surface area contributed by atoms with E-state index in [2.05, 4.69) is 26.8 Å². The number of hydrogen-bond acceptors (Lipinski definition) is 2. The van der Waals surface area contributed by atoms with Crippen LogP contribution in [0.1, 0.15) is 52.0 Å². The quantitative estimate of drug-likeness (QED) is 0.796. The zero-order valence-electron chi connectivity index (χ0n) is 12.1. The molecule has 1 saturated carbocycles. The maximum atomic E-state index is 8.79. The fourth-order valence-corrected chi connectivity index (χ4v) is 2.90. The molecule has 2 heteroatoms. The summed E-state index contributed by atoms with van der Waals surface area (Å²) in [6.07, 6.45) is 4.75. The minimum Gasteiger partial charge on any atom is -0.488 e. The van der Waals surface area contributed by atoms with E-state index >= 15 is 0 Å². The van der Waals surface area contributed by atoms with Gasteiger partial charge in [0.2, 0.25) is 0 Å². The first-order valence-electron chi connectivity index (χ1n) is 7.21. The third kappa shape index (κ3) is 3.50. The first kappa shape index (κ1) is 13.9. The second-order valence-electron chi connectivity index (χ2n) is 6.27. The van der Waals surface area contributed by atoms with Crippen LogP contribution in [0.25, 0.3) is 0 Å². The van der Waals surface area contributed by atoms with Crippen LogP contribution in [0, 0.1) is 23.2 Å². The summed E-state index contributed by atoms with van der Waals surface area (Å²) in [5.41, 5.74) is 0.639. The van der Waals surface area contributed by atoms with Crippen molar-refractivity contribution in [1.82, 2.24) is 0 Å². The van der Waals surface area contributed by atoms with Crippen molar-refractivity contribution in [3.05, 3.63) is 29.8 Å². The molecule has 0 saturated heterocycles. The molecule has 0 aliphatic heterocycles. The summed E-state index contributed by atoms with van der Waals surface area (Å²) in [5.74, 6) is 2.50. The molecular formula is C17H23NO. The largest absolute Gasteiger partial charge is 0.488 e. The molecule has 0 N–H and O–H groups in total. The zero-order chi connectivity index (χ0) is 13.9. The van der Waals surface area contributed by atoms with E-state index in [0.29, 0.717) is 5.56 Å². The van der Waals surface area contributed by atoms with Crippen molar-refractivity contribution in [2.24, 2.45) is 11.8 Å². The molecule has 0 radical (unpaired) electrons. The Morgan fingerprint density at radius 1 is 1.21 bits per heavy atom. The lowest BCUT2D eigenvalue weighted by atomic mass is 9.75. The fourth-order valence-electron chi connectivity index (χ4n) is 2.90. The highest BCUT2D eigenvalue weighted by Gasteiger charge is 2.33. The van der Waals surface area contributed by atoms with E-state index in [4.69, 9.17) is 10.00 Å². The summed E-state index contributed by atoms with van der Waals surface area (Å²) in [7, 11) is 0. The summed E-state index contributed by atoms with van der Waals surface area (Å²) in [4.78, 5) is 0. The van der Waals surface area contributed by atoms with Crippen LogP contribution in [0.3, 0.4) is 0 Å². The van der Waals surface area contributed by atoms with Gasteiger partial charge in [-0.15, -0.1) is 0 Å². The van der Waals surface area contributed by atoms with Gasteiger partial charge in [0.05, 0.1) is 11.6 Å². The van der Waals surface area contributed by atoms with Crippen LogP contribution in [0.5, 0.6) is 5.75 Å². The van der Waals surface area contributed by atoms with Gasteiger partial charge < -0.3 is 4.74 Å². The van der Waals surface area contributed by atoms with Gasteiger partial charge >= 0.3 is 0 Å². The Morgan fingerprint density at radius 3 is 2.26 bits per heavy atom. The number of rotatable bonds is 3. The molecule has 1 aromatic rings. The first-order valence-corrected chi connectivity index (χ1v) is 7.21. The zero-order valence-corrected chi connectivity index (χ0v) is 12.1. The van der Waals surface area contributed by atoms with Crippen molar-refractivity contribution in [2.45, 2.75) is 52.1 Å². The van der Waals surface area contributed by atoms with Crippen molar-refractivity contribution in [2.75, 3.05) is 0 Å². The molecule has 2 rings (SSSR count). The average molecular weight is 257 g/mol. The number of benzene rings is 1. The molecule has 1 aromatic carbocycles. The number of ether oxygens (including phenoxy) is 1. The maximum absolute atomic E-state index is 8.79. The third-order valence-electron chi connectivity index (χ3n) is 4.38. The molecule has 0 amide bonds. The third-order valence-corrected chi connectivity index (χ3v) is 4.38. The highest BCUT2D eigenvalue weighted by atomic mass is 16.5. The van der Waals surface area contributed by atoms with Crippen LogP contribution in [0.2, 0.25) is 0 Å². The summed E-state index contributed by atoms with van der Waals surface area (Å²) in [5, 5.41) is 8.79. The molecule has 2 nitrogen and oxygen atoms in total. The number of nitrogens with zero attached hydrogens (tertiary/aromatic N) is 1. The molecule has 0 aromatic heterocycles. The Hall–Kier alpha value is -1.49. The second-order valence-corrected chi connectivity index (χ2v) is 6.27. The number of hydrogen-bond donors (Lipinski definition) is 0. The van der Waals surface area contributed by atoms with Crippen LogP contribution >= 0.6 is 0 Å². The van der Waals surface area contributed by atoms with Gasteiger partial charge in [0.1, 0.15) is 11.4 Å². The van der Waals surface area contributed by atoms with E-state index in [1.54, 1.807) is 0 Å². The van der Waals surface area contributed by atoms with Crippen molar-refractivity contribution >= 4 is 0 Å². The van der Waals surface area contributed by atoms with Crippen molar-refractivity contribution < 1.29 is 4.74 Å². The van der Waals surface area contributed by atoms with E-state index < -0.39 is 0 Å². The maximum Gasteiger partial charge on any atom is 0.120 e. The Labute approximate surface area is 116 Å². The normalized spacial score (nSPS) is 27.0. The molecule has 0 bridgehead atoms. The van der Waals surface area contributed by atoms with Gasteiger partial charge in [0.15, 0.2) is 0 Å². The summed E-state index contributed by atoms with van der Waals surface area (Å²) in [6, 6.07) is 9.57. The van der Waals surface area contributed by atoms with Crippen molar-refractivity contribution in [3.63, 3.8) is 0 Å². The van der Waals surface area contributed by atoms with Gasteiger partial charge in [-0.2, -0.15) is 5.26 Å². The van der Waals surface area contributed by atoms with Gasteiger partial charge in [0.25, 0.3) is 0 Å². The number of nitriles is 1. The van der Waals surface area contributed by atoms with Crippen LogP contribution < -0.4 is 4.74 Å². The van der Waals surface area contributed by atoms with Crippen LogP contribution in [0.4, 0.5) is 0 Å². The van der Waals surface area contributed by atoms with Gasteiger partial charge in [-0.3, -0.25) is 0 Å². The lowest BCUT2D eigenvalue weighted by molar-refractivity contribution is 0.0250. The standard InChI is InChI=1S/C17H23NO/c1-13(2)15-8-10-17(3,11-9-15)19-16-6-4-14(12-18)5-7-16/h4-7,13,15H,8-11H2,1-3H3. The minimum atomic E-state index is -0.0421. The van der Waals surface area contributed by atoms with Crippen molar-refractivity contribution in [1.29, 1.82) is 5.26 Å². The summed E-state index contributed by atoms with van der Waals surface area (Å²) >= 11 is 0. The van der Waals surface area contributed by atoms with Crippen LogP contribution in [-0.2, 0) is 0 Å². The first-order chi connectivity index (χ1) is 9.02. The Bertz CT molecular complexity index is 447. The summed E-state index contributed by atoms with van der Waals surface area (Å²) < 4.78 is 6.16. The monoisotopic (exact) mass is 257 g/mol. The smallest absolute Gasteiger partial charge is 0.120 e. The van der Waals surface area contributed by atoms with E-state index in [1.807, 2.05) is 24.3 Å². The minimum absolute atomic E-state index is 0.0421. The molecule has 0 atom stereocenters. The molecule has 0 unspecified atom stereocenters. The molecular weight excluding hydrogens is 234 g/mol. The summed E-state index contributed by atoms with van der Waals surface area (Å²) in [6.45, 7) is 6.84. The highest BCUT2D eigenvalue weighted by Crippen LogP contribution is 2.38. The van der Waals surface area contributed by atoms with E-state index in [9.17, 15) is 0 Å². The Kier molecular flexibility index (Phi) is 4.14. The van der Waals surface area contributed by atoms with E-state index in [-0.39, 0.29) is 5.60 Å². The average Bonchev–Trinajstić information content (AvgIpc) is 2.40. The topological polar surface area (TPSA) is 33.0 Å². The fraction of sp³-hybridized carbons (Fsp3) is 0.588. The van der Waals surface area contributed by atoms with Crippen LogP contribution in [-0.4, -0.2) is 5.60 Å².